The molecule has 0 atom stereocenters. The molecule has 468 valence electrons. The minimum absolute atomic E-state index is 0.374. The molecule has 12 aromatic heterocycles. The number of hydrogen-bond acceptors (Lipinski definition) is 26. The molecule has 0 fully saturated rings. The van der Waals surface area contributed by atoms with Crippen LogP contribution in [0.15, 0.2) is 110 Å². The molecule has 90 heavy (non-hydrogen) atoms. The van der Waals surface area contributed by atoms with Gasteiger partial charge in [0.15, 0.2) is 0 Å². The second kappa shape index (κ2) is 28.3. The number of hydrogen-bond donors (Lipinski definition) is 2. The van der Waals surface area contributed by atoms with E-state index in [-0.39, 0.29) is 0 Å². The van der Waals surface area contributed by atoms with Gasteiger partial charge in [-0.1, -0.05) is 73.3 Å². The van der Waals surface area contributed by atoms with Gasteiger partial charge in [-0.05, 0) is 87.5 Å². The van der Waals surface area contributed by atoms with Crippen molar-refractivity contribution in [3.8, 4) is 0 Å². The van der Waals surface area contributed by atoms with Crippen LogP contribution in [-0.2, 0) is 30.6 Å². The third-order valence-electron chi connectivity index (χ3n) is 13.7. The summed E-state index contributed by atoms with van der Waals surface area (Å²) in [7, 11) is 7.32. The van der Waals surface area contributed by atoms with Crippen LogP contribution in [0.2, 0.25) is 51.4 Å². The highest BCUT2D eigenvalue weighted by molar-refractivity contribution is 7.15. The molecule has 12 aromatic rings. The molecule has 0 saturated carbocycles. The monoisotopic (exact) mass is 1300 g/mol. The lowest BCUT2D eigenvalue weighted by molar-refractivity contribution is 0.153. The Morgan fingerprint density at radius 2 is 0.911 bits per heavy atom. The first kappa shape index (κ1) is 64.1. The van der Waals surface area contributed by atoms with Gasteiger partial charge in [-0.25, -0.2) is 15.0 Å². The molecule has 31 heteroatoms. The number of nitrogens with zero attached hydrogens (tertiary/aromatic N) is 22. The van der Waals surface area contributed by atoms with Crippen LogP contribution in [-0.4, -0.2) is 147 Å². The van der Waals surface area contributed by atoms with Gasteiger partial charge in [0.25, 0.3) is 0 Å². The third-order valence-corrected chi connectivity index (χ3v) is 19.6. The number of nitrogens with one attached hydrogen (secondary N) is 2. The Balaban J connectivity index is 0.000000150. The summed E-state index contributed by atoms with van der Waals surface area (Å²) in [5.41, 5.74) is 10.5. The Hall–Kier alpha value is -8.86. The van der Waals surface area contributed by atoms with E-state index in [4.69, 9.17) is 19.4 Å². The van der Waals surface area contributed by atoms with Crippen molar-refractivity contribution in [1.29, 1.82) is 0 Å². The standard InChI is InChI=1S/C22H30N8OSSi.C21H28N8OSSi.C16H16N8S/c1-16-26-27-22(32-16)30(15-31-9-10-33(4,5)6)21-8-7-19-20(25-21)11-17(12-23-19)29(3)18-13-24-28(2)14-18;1-15-26-27-21(31-15)29(14-30-8-9-32(3,4)5)20-7-6-18-19(25-20)10-16(11-22-18)24-17-12-23-28(2)13-17;1-10-21-22-16(25-10)20-15-5-4-13-14(19-15)6-11(7-17-13)24(3)12-8-18-23(2)9-12/h7-8,11-14H,9-10,15H2,1-6H3;6-7,10-13,24H,8-9,14H2,1-5H3;4-9H,1-3H3,(H,19,20,22). The molecule has 0 radical (unpaired) electrons. The molecule has 0 spiro atoms. The number of pyridine rings is 6. The molecular formula is C59H74N24O2S3Si2. The summed E-state index contributed by atoms with van der Waals surface area (Å²) in [4.78, 5) is 36.1. The van der Waals surface area contributed by atoms with E-state index in [1.807, 2.05) is 174 Å². The van der Waals surface area contributed by atoms with E-state index in [9.17, 15) is 0 Å². The van der Waals surface area contributed by atoms with E-state index < -0.39 is 16.1 Å². The van der Waals surface area contributed by atoms with Gasteiger partial charge in [0.2, 0.25) is 15.4 Å². The molecule has 12 heterocycles. The van der Waals surface area contributed by atoms with Crippen LogP contribution in [0.1, 0.15) is 15.0 Å². The molecular weight excluding hydrogens is 1230 g/mol. The zero-order chi connectivity index (χ0) is 63.7. The van der Waals surface area contributed by atoms with Gasteiger partial charge in [-0.15, -0.1) is 30.6 Å². The van der Waals surface area contributed by atoms with Crippen LogP contribution >= 0.6 is 34.0 Å². The van der Waals surface area contributed by atoms with Gasteiger partial charge in [-0.3, -0.25) is 38.8 Å². The number of aromatic nitrogens is 18. The van der Waals surface area contributed by atoms with Crippen molar-refractivity contribution in [1.82, 2.24) is 89.8 Å². The highest BCUT2D eigenvalue weighted by atomic mass is 32.1. The van der Waals surface area contributed by atoms with Crippen molar-refractivity contribution < 1.29 is 9.47 Å². The van der Waals surface area contributed by atoms with Crippen molar-refractivity contribution in [3.63, 3.8) is 0 Å². The van der Waals surface area contributed by atoms with Crippen LogP contribution in [0, 0.1) is 20.8 Å². The molecule has 0 aliphatic heterocycles. The lowest BCUT2D eigenvalue weighted by atomic mass is 10.2. The van der Waals surface area contributed by atoms with Crippen LogP contribution in [0.5, 0.6) is 0 Å². The number of anilines is 12. The Labute approximate surface area is 536 Å². The highest BCUT2D eigenvalue weighted by Gasteiger charge is 2.21. The largest absolute Gasteiger partial charge is 0.361 e. The Morgan fingerprint density at radius 3 is 1.36 bits per heavy atom. The molecule has 0 aromatic carbocycles. The molecule has 0 saturated heterocycles. The van der Waals surface area contributed by atoms with Crippen molar-refractivity contribution in [2.24, 2.45) is 21.1 Å². The van der Waals surface area contributed by atoms with E-state index in [0.29, 0.717) is 19.3 Å². The van der Waals surface area contributed by atoms with Crippen LogP contribution < -0.4 is 30.2 Å². The molecule has 2 N–H and O–H groups in total. The second-order valence-corrected chi connectivity index (χ2v) is 38.4. The van der Waals surface area contributed by atoms with Crippen LogP contribution in [0.4, 0.5) is 67.0 Å². The average Bonchev–Trinajstić information content (AvgIpc) is 2.10. The summed E-state index contributed by atoms with van der Waals surface area (Å²) in [6, 6.07) is 19.9. The third kappa shape index (κ3) is 17.3. The number of rotatable bonds is 22. The van der Waals surface area contributed by atoms with Crippen LogP contribution in [0.3, 0.4) is 0 Å². The van der Waals surface area contributed by atoms with Crippen molar-refractivity contribution >= 4 is 150 Å². The summed E-state index contributed by atoms with van der Waals surface area (Å²) in [5.74, 6) is 2.23. The second-order valence-electron chi connectivity index (χ2n) is 23.7. The first-order valence-corrected chi connectivity index (χ1v) is 38.8. The van der Waals surface area contributed by atoms with Crippen molar-refractivity contribution in [2.45, 2.75) is 72.1 Å². The molecule has 26 nitrogen and oxygen atoms in total. The maximum absolute atomic E-state index is 6.05. The minimum Gasteiger partial charge on any atom is -0.361 e. The maximum Gasteiger partial charge on any atom is 0.215 e. The van der Waals surface area contributed by atoms with Gasteiger partial charge in [-0.2, -0.15) is 15.3 Å². The molecule has 0 unspecified atom stereocenters. The number of fused-ring (bicyclic) bond motifs is 3. The van der Waals surface area contributed by atoms with Gasteiger partial charge >= 0.3 is 0 Å². The quantitative estimate of drug-likeness (QED) is 0.0363. The number of aryl methyl sites for hydroxylation is 6. The molecule has 12 rings (SSSR count). The van der Waals surface area contributed by atoms with E-state index >= 15 is 0 Å². The first-order valence-electron chi connectivity index (χ1n) is 28.9. The lowest BCUT2D eigenvalue weighted by Gasteiger charge is -2.22. The Kier molecular flexibility index (Phi) is 20.2. The van der Waals surface area contributed by atoms with E-state index in [2.05, 4.69) is 116 Å². The van der Waals surface area contributed by atoms with Crippen molar-refractivity contribution in [2.75, 3.05) is 71.0 Å². The van der Waals surface area contributed by atoms with Gasteiger partial charge < -0.3 is 29.9 Å². The van der Waals surface area contributed by atoms with E-state index in [1.165, 1.54) is 34.0 Å². The van der Waals surface area contributed by atoms with Gasteiger partial charge in [0.05, 0.1) is 104 Å². The summed E-state index contributed by atoms with van der Waals surface area (Å²) >= 11 is 4.54. The summed E-state index contributed by atoms with van der Waals surface area (Å²) < 4.78 is 17.4. The van der Waals surface area contributed by atoms with Gasteiger partial charge in [0.1, 0.15) is 45.9 Å². The van der Waals surface area contributed by atoms with Gasteiger partial charge in [0, 0.05) is 83.2 Å². The molecule has 0 aliphatic rings. The fourth-order valence-electron chi connectivity index (χ4n) is 8.65. The highest BCUT2D eigenvalue weighted by Crippen LogP contribution is 2.33. The van der Waals surface area contributed by atoms with E-state index in [1.54, 1.807) is 26.4 Å². The SMILES string of the molecule is Cc1nnc(N(COCC[Si](C)(C)C)c2ccc3ncc(N(C)c4cnn(C)c4)cc3n2)s1.Cc1nnc(N(COCC[Si](C)(C)C)c2ccc3ncc(Nc4cnn(C)c4)cc3n2)s1.Cc1nnc(Nc2ccc3ncc(N(C)c4cnn(C)c4)cc3n2)s1. The predicted molar refractivity (Wildman–Crippen MR) is 367 cm³/mol. The zero-order valence-electron chi connectivity index (χ0n) is 53.0. The first-order chi connectivity index (χ1) is 43.0. The Morgan fingerprint density at radius 1 is 0.456 bits per heavy atom. The molecule has 0 amide bonds. The minimum atomic E-state index is -1.17. The smallest absolute Gasteiger partial charge is 0.215 e. The molecule has 0 aliphatic carbocycles. The normalized spacial score (nSPS) is 11.6. The predicted octanol–water partition coefficient (Wildman–Crippen LogP) is 12.5. The van der Waals surface area contributed by atoms with Crippen molar-refractivity contribution in [3.05, 3.63) is 125 Å². The average molecular weight is 1300 g/mol. The summed E-state index contributed by atoms with van der Waals surface area (Å²) in [5, 5.41) is 49.2. The molecule has 0 bridgehead atoms. The van der Waals surface area contributed by atoms with E-state index in [0.717, 1.165) is 135 Å². The summed E-state index contributed by atoms with van der Waals surface area (Å²) in [6.07, 6.45) is 16.7. The zero-order valence-corrected chi connectivity index (χ0v) is 57.5. The fourth-order valence-corrected chi connectivity index (χ4v) is 12.1. The maximum atomic E-state index is 6.05. The van der Waals surface area contributed by atoms with Crippen LogP contribution in [0.25, 0.3) is 33.1 Å². The summed E-state index contributed by atoms with van der Waals surface area (Å²) in [6.45, 7) is 22.1. The number of ether oxygens (including phenoxy) is 2. The lowest BCUT2D eigenvalue weighted by Crippen LogP contribution is -2.26. The Bertz CT molecular complexity index is 4340. The topological polar surface area (TPSA) is 264 Å². The fraction of sp³-hybridized carbons (Fsp3) is 0.339.